The largest absolute Gasteiger partial charge is 0.497 e. The lowest BCUT2D eigenvalue weighted by Crippen LogP contribution is -2.34. The molecule has 0 bridgehead atoms. The monoisotopic (exact) mass is 403 g/mol. The molecule has 0 aromatic heterocycles. The summed E-state index contributed by atoms with van der Waals surface area (Å²) in [6.45, 7) is 3.08. The standard InChI is InChI=1S/C16H25N3O.HI/c1-3-9-16(10-4-11-16)12-18-15(17)19-13-5-7-14(20-2)8-6-13;/h5-8H,3-4,9-12H2,1-2H3,(H3,17,18,19);1H. The maximum absolute atomic E-state index is 5.97. The second kappa shape index (κ2) is 8.46. The molecule has 0 heterocycles. The average Bonchev–Trinajstić information content (AvgIpc) is 2.42. The Morgan fingerprint density at radius 1 is 1.33 bits per heavy atom. The predicted octanol–water partition coefficient (Wildman–Crippen LogP) is 4.01. The maximum Gasteiger partial charge on any atom is 0.193 e. The highest BCUT2D eigenvalue weighted by Crippen LogP contribution is 2.44. The number of anilines is 1. The lowest BCUT2D eigenvalue weighted by molar-refractivity contribution is 0.130. The van der Waals surface area contributed by atoms with Crippen molar-refractivity contribution in [1.29, 1.82) is 0 Å². The predicted molar refractivity (Wildman–Crippen MR) is 99.7 cm³/mol. The van der Waals surface area contributed by atoms with Crippen molar-refractivity contribution < 1.29 is 4.74 Å². The third-order valence-electron chi connectivity index (χ3n) is 4.14. The molecule has 1 aliphatic carbocycles. The van der Waals surface area contributed by atoms with E-state index in [0.29, 0.717) is 11.4 Å². The van der Waals surface area contributed by atoms with Crippen molar-refractivity contribution in [2.24, 2.45) is 16.1 Å². The van der Waals surface area contributed by atoms with Gasteiger partial charge in [-0.3, -0.25) is 4.99 Å². The summed E-state index contributed by atoms with van der Waals surface area (Å²) in [5.41, 5.74) is 7.32. The van der Waals surface area contributed by atoms with Gasteiger partial charge < -0.3 is 15.8 Å². The molecule has 0 radical (unpaired) electrons. The van der Waals surface area contributed by atoms with Crippen molar-refractivity contribution >= 4 is 35.6 Å². The Labute approximate surface area is 144 Å². The number of nitrogens with two attached hydrogens (primary N) is 1. The Morgan fingerprint density at radius 2 is 2.00 bits per heavy atom. The number of ether oxygens (including phenoxy) is 1. The fourth-order valence-corrected chi connectivity index (χ4v) is 2.81. The van der Waals surface area contributed by atoms with Crippen molar-refractivity contribution in [1.82, 2.24) is 0 Å². The highest BCUT2D eigenvalue weighted by molar-refractivity contribution is 14.0. The molecule has 0 spiro atoms. The SMILES string of the molecule is CCCC1(CN=C(N)Nc2ccc(OC)cc2)CCC1.I. The normalized spacial score (nSPS) is 16.6. The zero-order valence-corrected chi connectivity index (χ0v) is 15.2. The molecule has 1 aliphatic rings. The van der Waals surface area contributed by atoms with Crippen LogP contribution in [0.5, 0.6) is 5.75 Å². The van der Waals surface area contributed by atoms with E-state index in [2.05, 4.69) is 17.2 Å². The summed E-state index contributed by atoms with van der Waals surface area (Å²) >= 11 is 0. The zero-order valence-electron chi connectivity index (χ0n) is 12.9. The number of rotatable bonds is 6. The van der Waals surface area contributed by atoms with E-state index in [-0.39, 0.29) is 24.0 Å². The van der Waals surface area contributed by atoms with Crippen LogP contribution in [-0.4, -0.2) is 19.6 Å². The maximum atomic E-state index is 5.97. The third-order valence-corrected chi connectivity index (χ3v) is 4.14. The molecule has 1 aromatic rings. The molecular weight excluding hydrogens is 377 g/mol. The van der Waals surface area contributed by atoms with Gasteiger partial charge in [-0.1, -0.05) is 19.8 Å². The second-order valence-corrected chi connectivity index (χ2v) is 5.66. The van der Waals surface area contributed by atoms with Crippen LogP contribution in [0.1, 0.15) is 39.0 Å². The number of guanidine groups is 1. The average molecular weight is 403 g/mol. The molecule has 0 saturated heterocycles. The summed E-state index contributed by atoms with van der Waals surface area (Å²) in [5.74, 6) is 1.33. The molecule has 0 atom stereocenters. The number of halogens is 1. The first-order valence-electron chi connectivity index (χ1n) is 7.38. The fraction of sp³-hybridized carbons (Fsp3) is 0.562. The summed E-state index contributed by atoms with van der Waals surface area (Å²) in [4.78, 5) is 4.53. The van der Waals surface area contributed by atoms with Crippen LogP contribution in [-0.2, 0) is 0 Å². The Morgan fingerprint density at radius 3 is 2.48 bits per heavy atom. The van der Waals surface area contributed by atoms with Gasteiger partial charge >= 0.3 is 0 Å². The van der Waals surface area contributed by atoms with Crippen molar-refractivity contribution in [3.8, 4) is 5.75 Å². The van der Waals surface area contributed by atoms with Crippen molar-refractivity contribution in [3.05, 3.63) is 24.3 Å². The van der Waals surface area contributed by atoms with E-state index in [0.717, 1.165) is 18.0 Å². The van der Waals surface area contributed by atoms with Gasteiger partial charge in [-0.05, 0) is 48.9 Å². The fourth-order valence-electron chi connectivity index (χ4n) is 2.81. The molecule has 0 unspecified atom stereocenters. The van der Waals surface area contributed by atoms with Crippen LogP contribution in [0.15, 0.2) is 29.3 Å². The van der Waals surface area contributed by atoms with Gasteiger partial charge in [0.2, 0.25) is 0 Å². The Balaban J connectivity index is 0.00000220. The second-order valence-electron chi connectivity index (χ2n) is 5.66. The lowest BCUT2D eigenvalue weighted by Gasteiger charge is -2.40. The van der Waals surface area contributed by atoms with Crippen LogP contribution in [0.25, 0.3) is 0 Å². The number of hydrogen-bond acceptors (Lipinski definition) is 2. The van der Waals surface area contributed by atoms with Gasteiger partial charge in [0, 0.05) is 12.2 Å². The number of nitrogens with one attached hydrogen (secondary N) is 1. The van der Waals surface area contributed by atoms with Gasteiger partial charge in [-0.2, -0.15) is 0 Å². The smallest absolute Gasteiger partial charge is 0.193 e. The molecule has 118 valence electrons. The highest BCUT2D eigenvalue weighted by atomic mass is 127. The van der Waals surface area contributed by atoms with Gasteiger partial charge in [0.05, 0.1) is 7.11 Å². The molecule has 21 heavy (non-hydrogen) atoms. The molecule has 1 fully saturated rings. The summed E-state index contributed by atoms with van der Waals surface area (Å²) in [5, 5.41) is 3.13. The molecule has 0 aliphatic heterocycles. The quantitative estimate of drug-likeness (QED) is 0.429. The van der Waals surface area contributed by atoms with E-state index < -0.39 is 0 Å². The minimum absolute atomic E-state index is 0. The van der Waals surface area contributed by atoms with Gasteiger partial charge in [0.15, 0.2) is 5.96 Å². The third kappa shape index (κ3) is 5.05. The van der Waals surface area contributed by atoms with E-state index in [1.54, 1.807) is 7.11 Å². The number of benzene rings is 1. The van der Waals surface area contributed by atoms with Gasteiger partial charge in [-0.25, -0.2) is 0 Å². The Kier molecular flexibility index (Phi) is 7.28. The highest BCUT2D eigenvalue weighted by Gasteiger charge is 2.35. The van der Waals surface area contributed by atoms with Crippen molar-refractivity contribution in [2.45, 2.75) is 39.0 Å². The number of hydrogen-bond donors (Lipinski definition) is 2. The lowest BCUT2D eigenvalue weighted by atomic mass is 9.66. The summed E-state index contributed by atoms with van der Waals surface area (Å²) in [6.07, 6.45) is 6.40. The van der Waals surface area contributed by atoms with Crippen molar-refractivity contribution in [2.75, 3.05) is 19.0 Å². The molecule has 2 rings (SSSR count). The van der Waals surface area contributed by atoms with Crippen LogP contribution in [0, 0.1) is 5.41 Å². The van der Waals surface area contributed by atoms with Crippen molar-refractivity contribution in [3.63, 3.8) is 0 Å². The van der Waals surface area contributed by atoms with Crippen LogP contribution in [0.3, 0.4) is 0 Å². The van der Waals surface area contributed by atoms with E-state index in [9.17, 15) is 0 Å². The molecule has 5 heteroatoms. The topological polar surface area (TPSA) is 59.6 Å². The van der Waals surface area contributed by atoms with Gasteiger partial charge in [-0.15, -0.1) is 24.0 Å². The summed E-state index contributed by atoms with van der Waals surface area (Å²) in [6, 6.07) is 7.68. The summed E-state index contributed by atoms with van der Waals surface area (Å²) < 4.78 is 5.13. The Hall–Kier alpha value is -0.980. The minimum atomic E-state index is 0. The van der Waals surface area contributed by atoms with E-state index in [4.69, 9.17) is 10.5 Å². The van der Waals surface area contributed by atoms with Crippen LogP contribution in [0.4, 0.5) is 5.69 Å². The molecule has 1 saturated carbocycles. The van der Waals surface area contributed by atoms with E-state index >= 15 is 0 Å². The van der Waals surface area contributed by atoms with E-state index in [1.807, 2.05) is 24.3 Å². The van der Waals surface area contributed by atoms with Crippen LogP contribution >= 0.6 is 24.0 Å². The first-order valence-corrected chi connectivity index (χ1v) is 7.38. The zero-order chi connectivity index (χ0) is 14.4. The molecule has 0 amide bonds. The Bertz CT molecular complexity index is 455. The number of aliphatic imine (C=N–C) groups is 1. The number of methoxy groups -OCH3 is 1. The molecular formula is C16H26IN3O. The molecule has 3 N–H and O–H groups in total. The minimum Gasteiger partial charge on any atom is -0.497 e. The number of nitrogens with zero attached hydrogens (tertiary/aromatic N) is 1. The van der Waals surface area contributed by atoms with Gasteiger partial charge in [0.25, 0.3) is 0 Å². The molecule has 4 nitrogen and oxygen atoms in total. The first-order chi connectivity index (χ1) is 9.67. The first kappa shape index (κ1) is 18.1. The molecule has 1 aromatic carbocycles. The van der Waals surface area contributed by atoms with Gasteiger partial charge in [0.1, 0.15) is 5.75 Å². The summed E-state index contributed by atoms with van der Waals surface area (Å²) in [7, 11) is 1.66. The van der Waals surface area contributed by atoms with Crippen LogP contribution in [0.2, 0.25) is 0 Å². The van der Waals surface area contributed by atoms with E-state index in [1.165, 1.54) is 32.1 Å². The van der Waals surface area contributed by atoms with Crippen LogP contribution < -0.4 is 15.8 Å².